The Hall–Kier alpha value is -1.15. The van der Waals surface area contributed by atoms with Crippen LogP contribution in [0.2, 0.25) is 5.21 Å². The minimum absolute atomic E-state index is 0.336. The van der Waals surface area contributed by atoms with E-state index in [1.54, 1.807) is 33.9 Å². The number of esters is 1. The van der Waals surface area contributed by atoms with E-state index in [4.69, 9.17) is 14.2 Å². The Morgan fingerprint density at radius 1 is 1.25 bits per heavy atom. The number of ether oxygens (including phenoxy) is 3. The first kappa shape index (κ1) is 16.9. The molecule has 5 heteroatoms. The van der Waals surface area contributed by atoms with Crippen molar-refractivity contribution >= 4 is 22.8 Å². The van der Waals surface area contributed by atoms with Crippen molar-refractivity contribution in [1.29, 1.82) is 0 Å². The predicted octanol–water partition coefficient (Wildman–Crippen LogP) is 2.55. The SMILES string of the molecule is CCOC(=O)C(C)(C)Oc1cc(CC[As])cc(OC)c1. The molecule has 4 nitrogen and oxygen atoms in total. The molecule has 0 fully saturated rings. The molecule has 0 aliphatic carbocycles. The van der Waals surface area contributed by atoms with Gasteiger partial charge >= 0.3 is 129 Å². The number of rotatable bonds is 7. The van der Waals surface area contributed by atoms with Crippen LogP contribution in [0.3, 0.4) is 0 Å². The minimum atomic E-state index is -1.03. The molecule has 0 amide bonds. The van der Waals surface area contributed by atoms with Crippen LogP contribution in [-0.2, 0) is 16.0 Å². The summed E-state index contributed by atoms with van der Waals surface area (Å²) in [6.45, 7) is 5.50. The first-order chi connectivity index (χ1) is 9.42. The van der Waals surface area contributed by atoms with E-state index >= 15 is 0 Å². The van der Waals surface area contributed by atoms with Crippen molar-refractivity contribution in [3.63, 3.8) is 0 Å². The Morgan fingerprint density at radius 2 is 1.90 bits per heavy atom. The van der Waals surface area contributed by atoms with Crippen molar-refractivity contribution in [3.8, 4) is 11.5 Å². The van der Waals surface area contributed by atoms with Gasteiger partial charge < -0.3 is 0 Å². The standard InChI is InChI=1S/C15H21AsO4/c1-5-19-14(17)15(2,3)20-13-9-11(6-7-16)8-12(10-13)18-4/h8-10H,5-7H2,1-4H3. The van der Waals surface area contributed by atoms with Gasteiger partial charge in [0, 0.05) is 0 Å². The van der Waals surface area contributed by atoms with Crippen LogP contribution in [-0.4, -0.2) is 42.1 Å². The number of hydrogen-bond donors (Lipinski definition) is 0. The van der Waals surface area contributed by atoms with E-state index in [1.807, 2.05) is 12.1 Å². The third-order valence-electron chi connectivity index (χ3n) is 2.72. The van der Waals surface area contributed by atoms with E-state index in [2.05, 4.69) is 16.9 Å². The molecule has 0 saturated heterocycles. The van der Waals surface area contributed by atoms with Crippen LogP contribution in [0.25, 0.3) is 0 Å². The van der Waals surface area contributed by atoms with Crippen molar-refractivity contribution in [3.05, 3.63) is 23.8 Å². The summed E-state index contributed by atoms with van der Waals surface area (Å²) in [5.41, 5.74) is 0.0849. The van der Waals surface area contributed by atoms with Gasteiger partial charge in [0.1, 0.15) is 0 Å². The molecular formula is C15H21AsO4. The van der Waals surface area contributed by atoms with Gasteiger partial charge in [-0.25, -0.2) is 0 Å². The fourth-order valence-electron chi connectivity index (χ4n) is 1.72. The Bertz CT molecular complexity index is 457. The van der Waals surface area contributed by atoms with Crippen molar-refractivity contribution in [2.24, 2.45) is 0 Å². The molecule has 0 saturated carbocycles. The van der Waals surface area contributed by atoms with Crippen LogP contribution in [0.15, 0.2) is 18.2 Å². The summed E-state index contributed by atoms with van der Waals surface area (Å²) in [4.78, 5) is 11.9. The summed E-state index contributed by atoms with van der Waals surface area (Å²) in [6, 6.07) is 5.67. The normalized spacial score (nSPS) is 11.1. The van der Waals surface area contributed by atoms with Gasteiger partial charge in [0.2, 0.25) is 0 Å². The number of benzene rings is 1. The van der Waals surface area contributed by atoms with Crippen molar-refractivity contribution in [2.45, 2.75) is 38.0 Å². The monoisotopic (exact) mass is 340 g/mol. The van der Waals surface area contributed by atoms with Gasteiger partial charge in [-0.2, -0.15) is 0 Å². The zero-order valence-electron chi connectivity index (χ0n) is 12.4. The Kier molecular flexibility index (Phi) is 6.41. The van der Waals surface area contributed by atoms with Crippen LogP contribution in [0.5, 0.6) is 11.5 Å². The topological polar surface area (TPSA) is 44.8 Å². The third kappa shape index (κ3) is 4.75. The van der Waals surface area contributed by atoms with Gasteiger partial charge in [0.15, 0.2) is 0 Å². The second-order valence-corrected chi connectivity index (χ2v) is 5.76. The van der Waals surface area contributed by atoms with E-state index in [0.29, 0.717) is 12.4 Å². The van der Waals surface area contributed by atoms with Crippen molar-refractivity contribution < 1.29 is 19.0 Å². The molecule has 0 aromatic heterocycles. The van der Waals surface area contributed by atoms with E-state index in [-0.39, 0.29) is 5.97 Å². The van der Waals surface area contributed by atoms with Crippen LogP contribution in [0, 0.1) is 0 Å². The summed E-state index contributed by atoms with van der Waals surface area (Å²) in [5, 5.41) is 0.973. The molecule has 110 valence electrons. The molecule has 20 heavy (non-hydrogen) atoms. The average Bonchev–Trinajstić information content (AvgIpc) is 2.38. The molecule has 0 aliphatic rings. The summed E-state index contributed by atoms with van der Waals surface area (Å²) in [6.07, 6.45) is 0.910. The van der Waals surface area contributed by atoms with Crippen molar-refractivity contribution in [1.82, 2.24) is 0 Å². The van der Waals surface area contributed by atoms with Gasteiger partial charge in [-0.05, 0) is 0 Å². The molecule has 1 aromatic rings. The molecule has 1 rings (SSSR count). The number of methoxy groups -OCH3 is 1. The second kappa shape index (κ2) is 7.58. The number of hydrogen-bond acceptors (Lipinski definition) is 4. The first-order valence-electron chi connectivity index (χ1n) is 6.58. The van der Waals surface area contributed by atoms with E-state index in [0.717, 1.165) is 22.9 Å². The molecule has 0 spiro atoms. The zero-order valence-corrected chi connectivity index (χ0v) is 14.3. The van der Waals surface area contributed by atoms with Gasteiger partial charge in [-0.3, -0.25) is 0 Å². The molecule has 1 aromatic carbocycles. The zero-order chi connectivity index (χ0) is 15.2. The number of carbonyl (C=O) groups excluding carboxylic acids is 1. The quantitative estimate of drug-likeness (QED) is 0.565. The van der Waals surface area contributed by atoms with Gasteiger partial charge in [-0.15, -0.1) is 0 Å². The van der Waals surface area contributed by atoms with Gasteiger partial charge in [0.05, 0.1) is 0 Å². The third-order valence-corrected chi connectivity index (χ3v) is 3.19. The Morgan fingerprint density at radius 3 is 2.45 bits per heavy atom. The molecule has 0 unspecified atom stereocenters. The number of aryl methyl sites for hydroxylation is 1. The fourth-order valence-corrected chi connectivity index (χ4v) is 2.26. The maximum absolute atomic E-state index is 11.9. The van der Waals surface area contributed by atoms with E-state index < -0.39 is 5.60 Å². The second-order valence-electron chi connectivity index (χ2n) is 4.82. The molecular weight excluding hydrogens is 319 g/mol. The fraction of sp³-hybridized carbons (Fsp3) is 0.533. The molecule has 0 N–H and O–H groups in total. The molecule has 0 heterocycles. The summed E-state index contributed by atoms with van der Waals surface area (Å²) >= 11 is 2.54. The van der Waals surface area contributed by atoms with E-state index in [9.17, 15) is 4.79 Å². The average molecular weight is 340 g/mol. The Balaban J connectivity index is 2.95. The summed E-state index contributed by atoms with van der Waals surface area (Å²) < 4.78 is 16.1. The Labute approximate surface area is 129 Å². The van der Waals surface area contributed by atoms with Crippen LogP contribution in [0.1, 0.15) is 26.3 Å². The summed E-state index contributed by atoms with van der Waals surface area (Å²) in [5.74, 6) is 0.952. The summed E-state index contributed by atoms with van der Waals surface area (Å²) in [7, 11) is 1.61. The molecule has 0 aliphatic heterocycles. The van der Waals surface area contributed by atoms with Gasteiger partial charge in [-0.1, -0.05) is 0 Å². The van der Waals surface area contributed by atoms with Crippen LogP contribution < -0.4 is 9.47 Å². The molecule has 2 radical (unpaired) electrons. The van der Waals surface area contributed by atoms with Crippen molar-refractivity contribution in [2.75, 3.05) is 13.7 Å². The number of carbonyl (C=O) groups is 1. The predicted molar refractivity (Wildman–Crippen MR) is 78.6 cm³/mol. The van der Waals surface area contributed by atoms with Crippen LogP contribution >= 0.6 is 0 Å². The maximum atomic E-state index is 11.9. The van der Waals surface area contributed by atoms with Gasteiger partial charge in [0.25, 0.3) is 0 Å². The molecule has 0 atom stereocenters. The van der Waals surface area contributed by atoms with Crippen LogP contribution in [0.4, 0.5) is 0 Å². The molecule has 0 bridgehead atoms. The van der Waals surface area contributed by atoms with E-state index in [1.165, 1.54) is 0 Å². The first-order valence-corrected chi connectivity index (χ1v) is 7.90.